The molecule has 0 spiro atoms. The van der Waals surface area contributed by atoms with Gasteiger partial charge in [-0.1, -0.05) is 20.3 Å². The lowest BCUT2D eigenvalue weighted by molar-refractivity contribution is 0.635. The first kappa shape index (κ1) is 13.2. The minimum atomic E-state index is 0.0262. The molecule has 16 heavy (non-hydrogen) atoms. The van der Waals surface area contributed by atoms with Crippen LogP contribution in [0.15, 0.2) is 23.1 Å². The lowest BCUT2D eigenvalue weighted by Crippen LogP contribution is -2.20. The molecule has 0 aliphatic heterocycles. The van der Waals surface area contributed by atoms with E-state index in [1.54, 1.807) is 16.8 Å². The SMILES string of the molecule is CCC(C)CSCCn1cc(N)ccc1=O. The maximum absolute atomic E-state index is 11.5. The number of nitrogen functional groups attached to an aromatic ring is 1. The largest absolute Gasteiger partial charge is 0.398 e. The van der Waals surface area contributed by atoms with Crippen LogP contribution >= 0.6 is 11.8 Å². The average Bonchev–Trinajstić information content (AvgIpc) is 2.28. The fourth-order valence-corrected chi connectivity index (χ4v) is 2.42. The van der Waals surface area contributed by atoms with Crippen molar-refractivity contribution in [2.75, 3.05) is 17.2 Å². The van der Waals surface area contributed by atoms with Gasteiger partial charge in [0.1, 0.15) is 0 Å². The van der Waals surface area contributed by atoms with Crippen molar-refractivity contribution in [1.82, 2.24) is 4.57 Å². The smallest absolute Gasteiger partial charge is 0.250 e. The van der Waals surface area contributed by atoms with E-state index in [-0.39, 0.29) is 5.56 Å². The number of aromatic nitrogens is 1. The van der Waals surface area contributed by atoms with E-state index in [4.69, 9.17) is 5.73 Å². The van der Waals surface area contributed by atoms with Crippen molar-refractivity contribution in [3.05, 3.63) is 28.7 Å². The number of hydrogen-bond donors (Lipinski definition) is 1. The summed E-state index contributed by atoms with van der Waals surface area (Å²) in [7, 11) is 0. The summed E-state index contributed by atoms with van der Waals surface area (Å²) in [6.45, 7) is 5.19. The summed E-state index contributed by atoms with van der Waals surface area (Å²) in [6, 6.07) is 3.17. The second-order valence-electron chi connectivity index (χ2n) is 4.08. The molecule has 3 nitrogen and oxygen atoms in total. The molecule has 0 aliphatic carbocycles. The standard InChI is InChI=1S/C12H20N2OS/c1-3-10(2)9-16-7-6-14-8-11(13)4-5-12(14)15/h4-5,8,10H,3,6-7,9,13H2,1-2H3. The third-order valence-corrected chi connectivity index (χ3v) is 3.86. The molecular weight excluding hydrogens is 220 g/mol. The van der Waals surface area contributed by atoms with Crippen molar-refractivity contribution in [1.29, 1.82) is 0 Å². The van der Waals surface area contributed by atoms with Gasteiger partial charge in [-0.2, -0.15) is 11.8 Å². The molecule has 1 aromatic rings. The van der Waals surface area contributed by atoms with Gasteiger partial charge in [0, 0.05) is 30.2 Å². The predicted octanol–water partition coefficient (Wildman–Crippen LogP) is 2.21. The van der Waals surface area contributed by atoms with Gasteiger partial charge in [0.05, 0.1) is 0 Å². The second kappa shape index (κ2) is 6.63. The van der Waals surface area contributed by atoms with Crippen LogP contribution in [0, 0.1) is 5.92 Å². The number of pyridine rings is 1. The molecular formula is C12H20N2OS. The highest BCUT2D eigenvalue weighted by atomic mass is 32.2. The summed E-state index contributed by atoms with van der Waals surface area (Å²) < 4.78 is 1.68. The molecule has 2 N–H and O–H groups in total. The third-order valence-electron chi connectivity index (χ3n) is 2.58. The van der Waals surface area contributed by atoms with E-state index in [2.05, 4.69) is 13.8 Å². The minimum absolute atomic E-state index is 0.0262. The highest BCUT2D eigenvalue weighted by Crippen LogP contribution is 2.11. The molecule has 1 unspecified atom stereocenters. The predicted molar refractivity (Wildman–Crippen MR) is 71.9 cm³/mol. The summed E-state index contributed by atoms with van der Waals surface area (Å²) in [6.07, 6.45) is 2.93. The number of nitrogens with zero attached hydrogens (tertiary/aromatic N) is 1. The van der Waals surface area contributed by atoms with Crippen LogP contribution < -0.4 is 11.3 Å². The van der Waals surface area contributed by atoms with Crippen molar-refractivity contribution in [3.63, 3.8) is 0 Å². The molecule has 0 amide bonds. The summed E-state index contributed by atoms with van der Waals surface area (Å²) in [5.41, 5.74) is 6.31. The van der Waals surface area contributed by atoms with Crippen LogP contribution in [0.3, 0.4) is 0 Å². The molecule has 1 heterocycles. The molecule has 0 saturated heterocycles. The number of anilines is 1. The van der Waals surface area contributed by atoms with Crippen molar-refractivity contribution < 1.29 is 0 Å². The van der Waals surface area contributed by atoms with E-state index >= 15 is 0 Å². The van der Waals surface area contributed by atoms with Crippen LogP contribution in [0.25, 0.3) is 0 Å². The fraction of sp³-hybridized carbons (Fsp3) is 0.583. The zero-order chi connectivity index (χ0) is 12.0. The normalized spacial score (nSPS) is 12.6. The van der Waals surface area contributed by atoms with E-state index in [0.717, 1.165) is 24.0 Å². The molecule has 90 valence electrons. The van der Waals surface area contributed by atoms with Gasteiger partial charge in [-0.25, -0.2) is 0 Å². The van der Waals surface area contributed by atoms with Gasteiger partial charge in [0.15, 0.2) is 0 Å². The van der Waals surface area contributed by atoms with Gasteiger partial charge < -0.3 is 10.3 Å². The highest BCUT2D eigenvalue weighted by molar-refractivity contribution is 7.99. The Hall–Kier alpha value is -0.900. The molecule has 0 fully saturated rings. The number of rotatable bonds is 6. The summed E-state index contributed by atoms with van der Waals surface area (Å²) >= 11 is 1.89. The monoisotopic (exact) mass is 240 g/mol. The molecule has 0 aromatic carbocycles. The van der Waals surface area contributed by atoms with Crippen molar-refractivity contribution in [2.24, 2.45) is 5.92 Å². The van der Waals surface area contributed by atoms with Gasteiger partial charge in [-0.05, 0) is 17.7 Å². The van der Waals surface area contributed by atoms with Crippen LogP contribution in [0.4, 0.5) is 5.69 Å². The van der Waals surface area contributed by atoms with Gasteiger partial charge in [-0.15, -0.1) is 0 Å². The van der Waals surface area contributed by atoms with Gasteiger partial charge in [-0.3, -0.25) is 4.79 Å². The molecule has 0 radical (unpaired) electrons. The Labute approximate surface area is 101 Å². The Morgan fingerprint density at radius 2 is 2.25 bits per heavy atom. The molecule has 1 atom stereocenters. The maximum Gasteiger partial charge on any atom is 0.250 e. The van der Waals surface area contributed by atoms with E-state index in [1.807, 2.05) is 11.8 Å². The van der Waals surface area contributed by atoms with Gasteiger partial charge >= 0.3 is 0 Å². The Morgan fingerprint density at radius 1 is 1.50 bits per heavy atom. The van der Waals surface area contributed by atoms with Crippen LogP contribution in [-0.2, 0) is 6.54 Å². The molecule has 0 aliphatic rings. The van der Waals surface area contributed by atoms with Crippen molar-refractivity contribution >= 4 is 17.4 Å². The molecule has 0 saturated carbocycles. The van der Waals surface area contributed by atoms with E-state index < -0.39 is 0 Å². The lowest BCUT2D eigenvalue weighted by atomic mass is 10.2. The number of thioether (sulfide) groups is 1. The van der Waals surface area contributed by atoms with Crippen LogP contribution in [-0.4, -0.2) is 16.1 Å². The fourth-order valence-electron chi connectivity index (χ4n) is 1.29. The summed E-state index contributed by atoms with van der Waals surface area (Å²) in [5, 5.41) is 0. The highest BCUT2D eigenvalue weighted by Gasteiger charge is 2.00. The lowest BCUT2D eigenvalue weighted by Gasteiger charge is -2.09. The quantitative estimate of drug-likeness (QED) is 0.776. The molecule has 1 aromatic heterocycles. The Balaban J connectivity index is 2.37. The first-order valence-electron chi connectivity index (χ1n) is 5.67. The topological polar surface area (TPSA) is 48.0 Å². The first-order valence-corrected chi connectivity index (χ1v) is 6.82. The zero-order valence-electron chi connectivity index (χ0n) is 9.98. The Kier molecular flexibility index (Phi) is 5.46. The van der Waals surface area contributed by atoms with E-state index in [1.165, 1.54) is 12.5 Å². The second-order valence-corrected chi connectivity index (χ2v) is 5.23. The molecule has 4 heteroatoms. The Morgan fingerprint density at radius 3 is 2.94 bits per heavy atom. The molecule has 1 rings (SSSR count). The summed E-state index contributed by atoms with van der Waals surface area (Å²) in [4.78, 5) is 11.5. The van der Waals surface area contributed by atoms with Crippen LogP contribution in [0.5, 0.6) is 0 Å². The Bertz CT molecular complexity index is 376. The third kappa shape index (κ3) is 4.31. The van der Waals surface area contributed by atoms with Crippen LogP contribution in [0.2, 0.25) is 0 Å². The first-order chi connectivity index (χ1) is 7.63. The number of hydrogen-bond acceptors (Lipinski definition) is 3. The van der Waals surface area contributed by atoms with Crippen molar-refractivity contribution in [2.45, 2.75) is 26.8 Å². The summed E-state index contributed by atoms with van der Waals surface area (Å²) in [5.74, 6) is 2.88. The minimum Gasteiger partial charge on any atom is -0.398 e. The number of aryl methyl sites for hydroxylation is 1. The number of nitrogens with two attached hydrogens (primary N) is 1. The van der Waals surface area contributed by atoms with Gasteiger partial charge in [0.2, 0.25) is 0 Å². The van der Waals surface area contributed by atoms with E-state index in [0.29, 0.717) is 5.69 Å². The van der Waals surface area contributed by atoms with Crippen molar-refractivity contribution in [3.8, 4) is 0 Å². The average molecular weight is 240 g/mol. The maximum atomic E-state index is 11.5. The van der Waals surface area contributed by atoms with Crippen LogP contribution in [0.1, 0.15) is 20.3 Å². The van der Waals surface area contributed by atoms with E-state index in [9.17, 15) is 4.79 Å². The zero-order valence-corrected chi connectivity index (χ0v) is 10.8. The van der Waals surface area contributed by atoms with Gasteiger partial charge in [0.25, 0.3) is 5.56 Å². The molecule has 0 bridgehead atoms.